The first-order valence-corrected chi connectivity index (χ1v) is 11.0. The van der Waals surface area contributed by atoms with Gasteiger partial charge in [0, 0.05) is 13.1 Å². The Hall–Kier alpha value is -2.84. The van der Waals surface area contributed by atoms with Gasteiger partial charge >= 0.3 is 0 Å². The van der Waals surface area contributed by atoms with Crippen molar-refractivity contribution in [3.63, 3.8) is 0 Å². The number of nitrogens with one attached hydrogen (secondary N) is 1. The monoisotopic (exact) mass is 423 g/mol. The summed E-state index contributed by atoms with van der Waals surface area (Å²) in [4.78, 5) is 14.7. The number of morpholine rings is 1. The van der Waals surface area contributed by atoms with Gasteiger partial charge in [0.2, 0.25) is 11.9 Å². The Labute approximate surface area is 180 Å². The average molecular weight is 424 g/mol. The molecule has 1 saturated heterocycles. The van der Waals surface area contributed by atoms with E-state index in [0.29, 0.717) is 18.4 Å². The van der Waals surface area contributed by atoms with Crippen LogP contribution in [0.3, 0.4) is 0 Å². The molecule has 1 aromatic heterocycles. The van der Waals surface area contributed by atoms with E-state index in [1.807, 2.05) is 72.2 Å². The number of rotatable bonds is 7. The highest BCUT2D eigenvalue weighted by atomic mass is 32.2. The van der Waals surface area contributed by atoms with Crippen molar-refractivity contribution in [2.45, 2.75) is 18.1 Å². The molecule has 1 aliphatic heterocycles. The molecule has 4 rings (SSSR count). The van der Waals surface area contributed by atoms with Crippen LogP contribution < -0.4 is 10.2 Å². The Morgan fingerprint density at radius 1 is 1.07 bits per heavy atom. The van der Waals surface area contributed by atoms with Crippen LogP contribution in [0.5, 0.6) is 0 Å². The smallest absolute Gasteiger partial charge is 0.232 e. The molecule has 2 heterocycles. The molecule has 0 radical (unpaired) electrons. The van der Waals surface area contributed by atoms with E-state index in [9.17, 15) is 4.79 Å². The number of amides is 1. The third-order valence-corrected chi connectivity index (χ3v) is 5.86. The fraction of sp³-hybridized carbons (Fsp3) is 0.318. The molecule has 3 aromatic rings. The van der Waals surface area contributed by atoms with Crippen LogP contribution in [0, 0.1) is 0 Å². The summed E-state index contributed by atoms with van der Waals surface area (Å²) >= 11 is 1.39. The normalized spacial score (nSPS) is 15.0. The zero-order valence-electron chi connectivity index (χ0n) is 16.9. The Kier molecular flexibility index (Phi) is 6.66. The predicted molar refractivity (Wildman–Crippen MR) is 118 cm³/mol. The van der Waals surface area contributed by atoms with Crippen molar-refractivity contribution in [2.75, 3.05) is 37.0 Å². The van der Waals surface area contributed by atoms with Crippen molar-refractivity contribution < 1.29 is 9.53 Å². The zero-order valence-corrected chi connectivity index (χ0v) is 17.7. The van der Waals surface area contributed by atoms with Gasteiger partial charge in [-0.1, -0.05) is 60.3 Å². The van der Waals surface area contributed by atoms with Crippen LogP contribution in [0.2, 0.25) is 0 Å². The summed E-state index contributed by atoms with van der Waals surface area (Å²) in [5.41, 5.74) is 2.06. The summed E-state index contributed by atoms with van der Waals surface area (Å²) in [7, 11) is 0. The maximum absolute atomic E-state index is 12.5. The fourth-order valence-electron chi connectivity index (χ4n) is 3.37. The second kappa shape index (κ2) is 9.77. The van der Waals surface area contributed by atoms with Crippen molar-refractivity contribution in [1.82, 2.24) is 20.1 Å². The Morgan fingerprint density at radius 2 is 1.73 bits per heavy atom. The minimum absolute atomic E-state index is 0.0353. The molecule has 156 valence electrons. The van der Waals surface area contributed by atoms with Crippen LogP contribution in [0.15, 0.2) is 65.8 Å². The Morgan fingerprint density at radius 3 is 2.43 bits per heavy atom. The lowest BCUT2D eigenvalue weighted by Crippen LogP contribution is -2.37. The molecule has 0 saturated carbocycles. The van der Waals surface area contributed by atoms with Crippen molar-refractivity contribution in [1.29, 1.82) is 0 Å². The van der Waals surface area contributed by atoms with Gasteiger partial charge in [0.05, 0.1) is 30.7 Å². The van der Waals surface area contributed by atoms with Gasteiger partial charge in [-0.15, -0.1) is 10.2 Å². The van der Waals surface area contributed by atoms with E-state index < -0.39 is 0 Å². The maximum Gasteiger partial charge on any atom is 0.232 e. The highest BCUT2D eigenvalue weighted by Gasteiger charge is 2.22. The minimum atomic E-state index is -0.0461. The number of hydrogen-bond acceptors (Lipinski definition) is 6. The molecular formula is C22H25N5O2S. The van der Waals surface area contributed by atoms with Crippen LogP contribution in [-0.2, 0) is 9.53 Å². The molecule has 0 spiro atoms. The van der Waals surface area contributed by atoms with Crippen molar-refractivity contribution >= 4 is 23.6 Å². The molecule has 8 heteroatoms. The quantitative estimate of drug-likeness (QED) is 0.589. The molecule has 1 N–H and O–H groups in total. The zero-order chi connectivity index (χ0) is 20.8. The lowest BCUT2D eigenvalue weighted by atomic mass is 10.1. The summed E-state index contributed by atoms with van der Waals surface area (Å²) in [6, 6.07) is 19.9. The van der Waals surface area contributed by atoms with Gasteiger partial charge < -0.3 is 15.0 Å². The highest BCUT2D eigenvalue weighted by Crippen LogP contribution is 2.27. The predicted octanol–water partition coefficient (Wildman–Crippen LogP) is 3.07. The van der Waals surface area contributed by atoms with E-state index >= 15 is 0 Å². The molecule has 1 fully saturated rings. The van der Waals surface area contributed by atoms with Gasteiger partial charge in [-0.25, -0.2) is 0 Å². The van der Waals surface area contributed by atoms with Gasteiger partial charge in [-0.05, 0) is 24.6 Å². The van der Waals surface area contributed by atoms with Gasteiger partial charge in [0.25, 0.3) is 0 Å². The van der Waals surface area contributed by atoms with E-state index in [1.54, 1.807) is 0 Å². The van der Waals surface area contributed by atoms with Gasteiger partial charge in [0.1, 0.15) is 0 Å². The van der Waals surface area contributed by atoms with E-state index in [0.717, 1.165) is 30.3 Å². The number of carbonyl (C=O) groups excluding carboxylic acids is 1. The van der Waals surface area contributed by atoms with Crippen molar-refractivity contribution in [3.05, 3.63) is 66.2 Å². The molecule has 7 nitrogen and oxygen atoms in total. The standard InChI is InChI=1S/C22H25N5O2S/c1-17(18-8-4-2-5-9-18)23-20(28)16-30-22-25-24-21(26-12-14-29-15-13-26)27(22)19-10-6-3-7-11-19/h2-11,17H,12-16H2,1H3,(H,23,28). The first-order chi connectivity index (χ1) is 14.7. The minimum Gasteiger partial charge on any atom is -0.378 e. The second-order valence-corrected chi connectivity index (χ2v) is 7.98. The van der Waals surface area contributed by atoms with E-state index in [-0.39, 0.29) is 17.7 Å². The summed E-state index contributed by atoms with van der Waals surface area (Å²) in [5.74, 6) is 1.02. The molecule has 0 aliphatic carbocycles. The average Bonchev–Trinajstić information content (AvgIpc) is 3.23. The number of benzene rings is 2. The number of anilines is 1. The molecule has 0 bridgehead atoms. The summed E-state index contributed by atoms with van der Waals surface area (Å²) in [6.45, 7) is 4.87. The summed E-state index contributed by atoms with van der Waals surface area (Å²) in [5, 5.41) is 12.6. The molecule has 30 heavy (non-hydrogen) atoms. The number of hydrogen-bond donors (Lipinski definition) is 1. The number of para-hydroxylation sites is 1. The summed E-state index contributed by atoms with van der Waals surface area (Å²) in [6.07, 6.45) is 0. The van der Waals surface area contributed by atoms with Crippen LogP contribution >= 0.6 is 11.8 Å². The number of aromatic nitrogens is 3. The Balaban J connectivity index is 1.48. The van der Waals surface area contributed by atoms with Crippen LogP contribution in [0.4, 0.5) is 5.95 Å². The van der Waals surface area contributed by atoms with Gasteiger partial charge in [-0.3, -0.25) is 9.36 Å². The number of carbonyl (C=O) groups is 1. The van der Waals surface area contributed by atoms with E-state index in [2.05, 4.69) is 20.4 Å². The lowest BCUT2D eigenvalue weighted by molar-refractivity contribution is -0.119. The molecule has 1 atom stereocenters. The van der Waals surface area contributed by atoms with Crippen molar-refractivity contribution in [2.24, 2.45) is 0 Å². The molecule has 1 unspecified atom stereocenters. The fourth-order valence-corrected chi connectivity index (χ4v) is 4.12. The third-order valence-electron chi connectivity index (χ3n) is 4.93. The molecule has 1 amide bonds. The number of thioether (sulfide) groups is 1. The second-order valence-electron chi connectivity index (χ2n) is 7.04. The maximum atomic E-state index is 12.5. The van der Waals surface area contributed by atoms with Crippen LogP contribution in [0.25, 0.3) is 5.69 Å². The SMILES string of the molecule is CC(NC(=O)CSc1nnc(N2CCOCC2)n1-c1ccccc1)c1ccccc1. The first kappa shape index (κ1) is 20.4. The van der Waals surface area contributed by atoms with Gasteiger partial charge in [0.15, 0.2) is 5.16 Å². The largest absolute Gasteiger partial charge is 0.378 e. The van der Waals surface area contributed by atoms with E-state index in [4.69, 9.17) is 4.74 Å². The number of ether oxygens (including phenoxy) is 1. The topological polar surface area (TPSA) is 72.3 Å². The molecular weight excluding hydrogens is 398 g/mol. The van der Waals surface area contributed by atoms with Crippen LogP contribution in [0.1, 0.15) is 18.5 Å². The van der Waals surface area contributed by atoms with Crippen molar-refractivity contribution in [3.8, 4) is 5.69 Å². The third kappa shape index (κ3) is 4.83. The number of nitrogens with zero attached hydrogens (tertiary/aromatic N) is 4. The first-order valence-electron chi connectivity index (χ1n) is 10.0. The molecule has 2 aromatic carbocycles. The van der Waals surface area contributed by atoms with Gasteiger partial charge in [-0.2, -0.15) is 0 Å². The Bertz CT molecular complexity index is 958. The molecule has 1 aliphatic rings. The lowest BCUT2D eigenvalue weighted by Gasteiger charge is -2.27. The van der Waals surface area contributed by atoms with E-state index in [1.165, 1.54) is 11.8 Å². The van der Waals surface area contributed by atoms with Crippen LogP contribution in [-0.4, -0.2) is 52.7 Å². The summed E-state index contributed by atoms with van der Waals surface area (Å²) < 4.78 is 7.49. The highest BCUT2D eigenvalue weighted by molar-refractivity contribution is 7.99.